The highest BCUT2D eigenvalue weighted by atomic mass is 35.5. The van der Waals surface area contributed by atoms with Gasteiger partial charge in [0.15, 0.2) is 5.75 Å². The quantitative estimate of drug-likeness (QED) is 0.237. The topological polar surface area (TPSA) is 62.1 Å². The summed E-state index contributed by atoms with van der Waals surface area (Å²) in [6.45, 7) is 0.312. The lowest BCUT2D eigenvalue weighted by atomic mass is 10.1. The summed E-state index contributed by atoms with van der Waals surface area (Å²) in [6, 6.07) is 28.1. The molecule has 0 bridgehead atoms. The van der Waals surface area contributed by atoms with Gasteiger partial charge in [-0.05, 0) is 40.8 Å². The minimum Gasteiger partial charge on any atom is -0.486 e. The number of anilines is 1. The molecule has 0 aromatic heterocycles. The monoisotopic (exact) mass is 472 g/mol. The number of nitrogens with one attached hydrogen (secondary N) is 1. The second kappa shape index (κ2) is 10.2. The van der Waals surface area contributed by atoms with Gasteiger partial charge in [-0.25, -0.2) is 0 Å². The van der Waals surface area contributed by atoms with Crippen LogP contribution in [0.15, 0.2) is 90.5 Å². The predicted octanol–water partition coefficient (Wildman–Crippen LogP) is 7.27. The first-order chi connectivity index (χ1) is 16.0. The van der Waals surface area contributed by atoms with E-state index in [2.05, 4.69) is 5.32 Å². The van der Waals surface area contributed by atoms with Crippen LogP contribution in [0.25, 0.3) is 16.8 Å². The second-order valence-electron chi connectivity index (χ2n) is 7.24. The first kappa shape index (κ1) is 22.4. The molecule has 0 heterocycles. The van der Waals surface area contributed by atoms with E-state index in [0.717, 1.165) is 16.3 Å². The van der Waals surface area contributed by atoms with Crippen LogP contribution < -0.4 is 10.1 Å². The van der Waals surface area contributed by atoms with Gasteiger partial charge < -0.3 is 10.1 Å². The van der Waals surface area contributed by atoms with Crippen molar-refractivity contribution in [1.82, 2.24) is 0 Å². The van der Waals surface area contributed by atoms with Gasteiger partial charge in [-0.3, -0.25) is 4.79 Å². The van der Waals surface area contributed by atoms with Crippen LogP contribution in [0.1, 0.15) is 11.1 Å². The van der Waals surface area contributed by atoms with Crippen LogP contribution in [-0.4, -0.2) is 5.91 Å². The van der Waals surface area contributed by atoms with E-state index in [1.165, 1.54) is 6.08 Å². The first-order valence-corrected chi connectivity index (χ1v) is 10.9. The summed E-state index contributed by atoms with van der Waals surface area (Å²) in [7, 11) is 0. The Morgan fingerprint density at radius 3 is 2.33 bits per heavy atom. The molecule has 0 radical (unpaired) electrons. The minimum absolute atomic E-state index is 0.0759. The average molecular weight is 473 g/mol. The lowest BCUT2D eigenvalue weighted by Crippen LogP contribution is -2.13. The maximum absolute atomic E-state index is 12.8. The molecule has 4 aromatic carbocycles. The van der Waals surface area contributed by atoms with Gasteiger partial charge in [-0.2, -0.15) is 5.26 Å². The maximum Gasteiger partial charge on any atom is 0.266 e. The number of hydrogen-bond acceptors (Lipinski definition) is 3. The standard InChI is InChI=1S/C27H18Cl2N2O2/c28-23-14-19(15-24(29)26(23)33-17-18-7-2-1-3-8-18)13-21(16-30)27(32)31-25-12-6-10-20-9-4-5-11-22(20)25/h1-15H,17H2,(H,31,32)/b21-13+. The molecule has 0 spiro atoms. The summed E-state index contributed by atoms with van der Waals surface area (Å²) in [5.74, 6) is -0.177. The fourth-order valence-electron chi connectivity index (χ4n) is 3.37. The number of rotatable bonds is 6. The Morgan fingerprint density at radius 1 is 0.939 bits per heavy atom. The van der Waals surface area contributed by atoms with Gasteiger partial charge >= 0.3 is 0 Å². The molecule has 162 valence electrons. The summed E-state index contributed by atoms with van der Waals surface area (Å²) in [6.07, 6.45) is 1.44. The van der Waals surface area contributed by atoms with Gasteiger partial charge in [-0.15, -0.1) is 0 Å². The molecule has 0 fully saturated rings. The number of amides is 1. The van der Waals surface area contributed by atoms with Crippen molar-refractivity contribution >= 4 is 51.6 Å². The van der Waals surface area contributed by atoms with Crippen LogP contribution in [0, 0.1) is 11.3 Å². The molecule has 4 aromatic rings. The summed E-state index contributed by atoms with van der Waals surface area (Å²) in [5, 5.41) is 14.8. The Bertz CT molecular complexity index is 1360. The lowest BCUT2D eigenvalue weighted by molar-refractivity contribution is -0.112. The van der Waals surface area contributed by atoms with E-state index in [1.807, 2.05) is 72.8 Å². The number of benzene rings is 4. The van der Waals surface area contributed by atoms with E-state index in [0.29, 0.717) is 23.6 Å². The molecule has 0 aliphatic heterocycles. The van der Waals surface area contributed by atoms with Gasteiger partial charge in [0.2, 0.25) is 0 Å². The molecule has 0 atom stereocenters. The van der Waals surface area contributed by atoms with Crippen molar-refractivity contribution < 1.29 is 9.53 Å². The highest BCUT2D eigenvalue weighted by molar-refractivity contribution is 6.37. The molecular weight excluding hydrogens is 455 g/mol. The zero-order chi connectivity index (χ0) is 23.2. The van der Waals surface area contributed by atoms with Crippen molar-refractivity contribution in [2.24, 2.45) is 0 Å². The Hall–Kier alpha value is -3.78. The van der Waals surface area contributed by atoms with Crippen LogP contribution in [0.3, 0.4) is 0 Å². The zero-order valence-electron chi connectivity index (χ0n) is 17.4. The van der Waals surface area contributed by atoms with Crippen molar-refractivity contribution in [3.8, 4) is 11.8 Å². The Labute approximate surface area is 201 Å². The maximum atomic E-state index is 12.8. The SMILES string of the molecule is N#C/C(=C\c1cc(Cl)c(OCc2ccccc2)c(Cl)c1)C(=O)Nc1cccc2ccccc12. The van der Waals surface area contributed by atoms with E-state index in [1.54, 1.807) is 18.2 Å². The van der Waals surface area contributed by atoms with Gasteiger partial charge in [0.25, 0.3) is 5.91 Å². The number of hydrogen-bond donors (Lipinski definition) is 1. The third-order valence-electron chi connectivity index (χ3n) is 4.96. The smallest absolute Gasteiger partial charge is 0.266 e. The van der Waals surface area contributed by atoms with Crippen LogP contribution in [0.5, 0.6) is 5.75 Å². The van der Waals surface area contributed by atoms with Crippen LogP contribution in [0.4, 0.5) is 5.69 Å². The molecule has 0 unspecified atom stereocenters. The van der Waals surface area contributed by atoms with Gasteiger partial charge in [0.05, 0.1) is 10.0 Å². The minimum atomic E-state index is -0.523. The summed E-state index contributed by atoms with van der Waals surface area (Å²) >= 11 is 12.8. The summed E-state index contributed by atoms with van der Waals surface area (Å²) in [5.41, 5.74) is 2.04. The number of carbonyl (C=O) groups is 1. The van der Waals surface area contributed by atoms with Crippen molar-refractivity contribution in [2.75, 3.05) is 5.32 Å². The summed E-state index contributed by atoms with van der Waals surface area (Å²) in [4.78, 5) is 12.8. The van der Waals surface area contributed by atoms with E-state index >= 15 is 0 Å². The first-order valence-electron chi connectivity index (χ1n) is 10.1. The number of halogens is 2. The van der Waals surface area contributed by atoms with Crippen molar-refractivity contribution in [3.63, 3.8) is 0 Å². The predicted molar refractivity (Wildman–Crippen MR) is 133 cm³/mol. The van der Waals surface area contributed by atoms with E-state index in [4.69, 9.17) is 27.9 Å². The lowest BCUT2D eigenvalue weighted by Gasteiger charge is -2.11. The molecule has 33 heavy (non-hydrogen) atoms. The van der Waals surface area contributed by atoms with Crippen LogP contribution in [0.2, 0.25) is 10.0 Å². The van der Waals surface area contributed by atoms with Gasteiger partial charge in [-0.1, -0.05) is 89.9 Å². The molecule has 0 aliphatic carbocycles. The highest BCUT2D eigenvalue weighted by Gasteiger charge is 2.14. The molecule has 0 saturated carbocycles. The molecule has 1 N–H and O–H groups in total. The normalized spacial score (nSPS) is 11.1. The fourth-order valence-corrected chi connectivity index (χ4v) is 3.98. The Kier molecular flexibility index (Phi) is 6.95. The molecule has 1 amide bonds. The van der Waals surface area contributed by atoms with Crippen LogP contribution in [-0.2, 0) is 11.4 Å². The zero-order valence-corrected chi connectivity index (χ0v) is 18.9. The summed E-state index contributed by atoms with van der Waals surface area (Å²) < 4.78 is 5.78. The van der Waals surface area contributed by atoms with E-state index in [-0.39, 0.29) is 15.6 Å². The van der Waals surface area contributed by atoms with Crippen molar-refractivity contribution in [2.45, 2.75) is 6.61 Å². The highest BCUT2D eigenvalue weighted by Crippen LogP contribution is 2.35. The molecule has 0 saturated heterocycles. The molecule has 4 nitrogen and oxygen atoms in total. The Balaban J connectivity index is 1.55. The third-order valence-corrected chi connectivity index (χ3v) is 5.52. The fraction of sp³-hybridized carbons (Fsp3) is 0.0370. The number of carbonyl (C=O) groups excluding carboxylic acids is 1. The number of ether oxygens (including phenoxy) is 1. The van der Waals surface area contributed by atoms with Crippen molar-refractivity contribution in [1.29, 1.82) is 5.26 Å². The number of fused-ring (bicyclic) bond motifs is 1. The molecule has 4 rings (SSSR count). The van der Waals surface area contributed by atoms with E-state index in [9.17, 15) is 10.1 Å². The molecule has 6 heteroatoms. The average Bonchev–Trinajstić information content (AvgIpc) is 2.83. The molecule has 0 aliphatic rings. The van der Waals surface area contributed by atoms with Crippen LogP contribution >= 0.6 is 23.2 Å². The largest absolute Gasteiger partial charge is 0.486 e. The van der Waals surface area contributed by atoms with E-state index < -0.39 is 5.91 Å². The van der Waals surface area contributed by atoms with Gasteiger partial charge in [0.1, 0.15) is 18.2 Å². The molecular formula is C27H18Cl2N2O2. The number of nitrogens with zero attached hydrogens (tertiary/aromatic N) is 1. The second-order valence-corrected chi connectivity index (χ2v) is 8.05. The Morgan fingerprint density at radius 2 is 1.61 bits per heavy atom. The third kappa shape index (κ3) is 5.35. The number of nitriles is 1. The van der Waals surface area contributed by atoms with Crippen molar-refractivity contribution in [3.05, 3.63) is 112 Å². The van der Waals surface area contributed by atoms with Gasteiger partial charge in [0, 0.05) is 11.1 Å².